The maximum absolute atomic E-state index is 12.7. The Balaban J connectivity index is 1.76. The number of esters is 1. The van der Waals surface area contributed by atoms with Crippen molar-refractivity contribution in [3.8, 4) is 0 Å². The highest BCUT2D eigenvalue weighted by Gasteiger charge is 2.61. The third-order valence-corrected chi connectivity index (χ3v) is 5.55. The van der Waals surface area contributed by atoms with Crippen molar-refractivity contribution in [3.63, 3.8) is 0 Å². The lowest BCUT2D eigenvalue weighted by Gasteiger charge is -2.60. The van der Waals surface area contributed by atoms with Crippen LogP contribution in [0.4, 0.5) is 0 Å². The van der Waals surface area contributed by atoms with Gasteiger partial charge in [0.25, 0.3) is 0 Å². The van der Waals surface area contributed by atoms with E-state index in [1.807, 2.05) is 6.92 Å². The summed E-state index contributed by atoms with van der Waals surface area (Å²) in [5.74, 6) is 1.20. The summed E-state index contributed by atoms with van der Waals surface area (Å²) in [5.41, 5.74) is -0.386. The van der Waals surface area contributed by atoms with Gasteiger partial charge in [0.1, 0.15) is 0 Å². The number of methoxy groups -OCH3 is 1. The summed E-state index contributed by atoms with van der Waals surface area (Å²) < 4.78 is 16.7. The number of hydrogen-bond donors (Lipinski definition) is 0. The molecule has 4 nitrogen and oxygen atoms in total. The van der Waals surface area contributed by atoms with Gasteiger partial charge in [0.15, 0.2) is 6.29 Å². The number of ether oxygens (including phenoxy) is 3. The van der Waals surface area contributed by atoms with Crippen LogP contribution in [0, 0.1) is 17.3 Å². The molecule has 0 saturated heterocycles. The van der Waals surface area contributed by atoms with Gasteiger partial charge in [-0.25, -0.2) is 0 Å². The summed E-state index contributed by atoms with van der Waals surface area (Å²) in [4.78, 5) is 12.7. The van der Waals surface area contributed by atoms with Crippen LogP contribution in [0.3, 0.4) is 0 Å². The lowest BCUT2D eigenvalue weighted by atomic mass is 9.48. The Kier molecular flexibility index (Phi) is 3.57. The van der Waals surface area contributed by atoms with Gasteiger partial charge in [-0.15, -0.1) is 0 Å². The number of carbonyl (C=O) groups is 1. The Morgan fingerprint density at radius 2 is 1.90 bits per heavy atom. The van der Waals surface area contributed by atoms with E-state index in [0.717, 1.165) is 32.1 Å². The van der Waals surface area contributed by atoms with Crippen LogP contribution in [0.5, 0.6) is 0 Å². The van der Waals surface area contributed by atoms with Crippen molar-refractivity contribution in [1.82, 2.24) is 0 Å². The maximum atomic E-state index is 12.7. The van der Waals surface area contributed by atoms with Gasteiger partial charge in [0.05, 0.1) is 11.0 Å². The lowest BCUT2D eigenvalue weighted by Crippen LogP contribution is -2.59. The Morgan fingerprint density at radius 3 is 2.45 bits per heavy atom. The second-order valence-electron chi connectivity index (χ2n) is 7.06. The molecule has 0 aliphatic heterocycles. The number of hydrogen-bond acceptors (Lipinski definition) is 4. The Hall–Kier alpha value is -0.610. The number of rotatable bonds is 5. The fourth-order valence-corrected chi connectivity index (χ4v) is 5.20. The molecule has 0 aromatic carbocycles. The summed E-state index contributed by atoms with van der Waals surface area (Å²) in [6, 6.07) is 0. The van der Waals surface area contributed by atoms with Crippen molar-refractivity contribution in [2.75, 3.05) is 13.7 Å². The molecule has 4 heteroatoms. The molecule has 0 radical (unpaired) electrons. The van der Waals surface area contributed by atoms with E-state index in [1.54, 1.807) is 14.0 Å². The van der Waals surface area contributed by atoms with Crippen molar-refractivity contribution in [3.05, 3.63) is 0 Å². The van der Waals surface area contributed by atoms with E-state index in [1.165, 1.54) is 6.42 Å². The molecular formula is C16H26O4. The predicted molar refractivity (Wildman–Crippen MR) is 74.0 cm³/mol. The van der Waals surface area contributed by atoms with Gasteiger partial charge in [-0.05, 0) is 64.2 Å². The van der Waals surface area contributed by atoms with Gasteiger partial charge in [0, 0.05) is 13.7 Å². The fourth-order valence-electron chi connectivity index (χ4n) is 5.20. The van der Waals surface area contributed by atoms with E-state index in [2.05, 4.69) is 0 Å². The van der Waals surface area contributed by atoms with Crippen molar-refractivity contribution in [2.45, 2.75) is 64.3 Å². The van der Waals surface area contributed by atoms with Gasteiger partial charge in [-0.2, -0.15) is 0 Å². The first-order valence-corrected chi connectivity index (χ1v) is 7.89. The smallest absolute Gasteiger partial charge is 0.314 e. The molecule has 3 unspecified atom stereocenters. The maximum Gasteiger partial charge on any atom is 0.314 e. The predicted octanol–water partition coefficient (Wildman–Crippen LogP) is 2.90. The molecule has 0 spiro atoms. The van der Waals surface area contributed by atoms with Gasteiger partial charge in [0.2, 0.25) is 0 Å². The molecule has 0 N–H and O–H groups in total. The Bertz CT molecular complexity index is 378. The molecule has 4 fully saturated rings. The van der Waals surface area contributed by atoms with Crippen LogP contribution in [0.25, 0.3) is 0 Å². The molecule has 0 heterocycles. The monoisotopic (exact) mass is 282 g/mol. The van der Waals surface area contributed by atoms with Crippen molar-refractivity contribution >= 4 is 5.97 Å². The van der Waals surface area contributed by atoms with Crippen LogP contribution in [0.1, 0.15) is 52.4 Å². The Morgan fingerprint density at radius 1 is 1.25 bits per heavy atom. The SMILES string of the molecule is CCOC(C)OC(=O)C12CC3CC(CC(OC)(C3)C1)C2. The third-order valence-electron chi connectivity index (χ3n) is 5.55. The first kappa shape index (κ1) is 14.3. The highest BCUT2D eigenvalue weighted by atomic mass is 16.7. The van der Waals surface area contributed by atoms with Crippen molar-refractivity contribution in [2.24, 2.45) is 17.3 Å². The van der Waals surface area contributed by atoms with Crippen LogP contribution >= 0.6 is 0 Å². The first-order valence-electron chi connectivity index (χ1n) is 7.89. The van der Waals surface area contributed by atoms with Crippen molar-refractivity contribution < 1.29 is 19.0 Å². The normalized spacial score (nSPS) is 43.5. The minimum absolute atomic E-state index is 0.0611. The summed E-state index contributed by atoms with van der Waals surface area (Å²) in [7, 11) is 1.80. The molecule has 114 valence electrons. The molecule has 3 atom stereocenters. The Labute approximate surface area is 121 Å². The minimum atomic E-state index is -0.445. The van der Waals surface area contributed by atoms with E-state index >= 15 is 0 Å². The molecule has 0 amide bonds. The first-order chi connectivity index (χ1) is 9.51. The second kappa shape index (κ2) is 4.99. The highest BCUT2D eigenvalue weighted by Crippen LogP contribution is 2.63. The van der Waals surface area contributed by atoms with E-state index in [0.29, 0.717) is 18.4 Å². The zero-order chi connectivity index (χ0) is 14.4. The zero-order valence-electron chi connectivity index (χ0n) is 12.8. The fraction of sp³-hybridized carbons (Fsp3) is 0.938. The molecule has 4 aliphatic carbocycles. The third kappa shape index (κ3) is 2.27. The van der Waals surface area contributed by atoms with Crippen LogP contribution in [-0.4, -0.2) is 31.6 Å². The topological polar surface area (TPSA) is 44.8 Å². The van der Waals surface area contributed by atoms with Crippen LogP contribution in [-0.2, 0) is 19.0 Å². The summed E-state index contributed by atoms with van der Waals surface area (Å²) >= 11 is 0. The van der Waals surface area contributed by atoms with E-state index in [9.17, 15) is 4.79 Å². The minimum Gasteiger partial charge on any atom is -0.436 e. The molecular weight excluding hydrogens is 256 g/mol. The van der Waals surface area contributed by atoms with E-state index in [-0.39, 0.29) is 17.0 Å². The van der Waals surface area contributed by atoms with Gasteiger partial charge in [-0.1, -0.05) is 0 Å². The van der Waals surface area contributed by atoms with Gasteiger partial charge in [-0.3, -0.25) is 4.79 Å². The molecule has 4 saturated carbocycles. The molecule has 4 bridgehead atoms. The molecule has 0 aromatic heterocycles. The van der Waals surface area contributed by atoms with Crippen molar-refractivity contribution in [1.29, 1.82) is 0 Å². The summed E-state index contributed by atoms with van der Waals surface area (Å²) in [5, 5.41) is 0. The largest absolute Gasteiger partial charge is 0.436 e. The lowest BCUT2D eigenvalue weighted by molar-refractivity contribution is -0.219. The quantitative estimate of drug-likeness (QED) is 0.574. The molecule has 0 aromatic rings. The average molecular weight is 282 g/mol. The van der Waals surface area contributed by atoms with Gasteiger partial charge < -0.3 is 14.2 Å². The molecule has 20 heavy (non-hydrogen) atoms. The summed E-state index contributed by atoms with van der Waals surface area (Å²) in [6.45, 7) is 4.28. The van der Waals surface area contributed by atoms with Crippen LogP contribution in [0.2, 0.25) is 0 Å². The van der Waals surface area contributed by atoms with Gasteiger partial charge >= 0.3 is 5.97 Å². The number of carbonyl (C=O) groups excluding carboxylic acids is 1. The van der Waals surface area contributed by atoms with E-state index in [4.69, 9.17) is 14.2 Å². The standard InChI is InChI=1S/C16H26O4/c1-4-19-11(2)20-14(17)15-6-12-5-13(7-15)9-16(8-12,10-15)18-3/h11-13H,4-10H2,1-3H3. The van der Waals surface area contributed by atoms with Crippen LogP contribution < -0.4 is 0 Å². The van der Waals surface area contributed by atoms with E-state index < -0.39 is 6.29 Å². The second-order valence-corrected chi connectivity index (χ2v) is 7.06. The molecule has 4 rings (SSSR count). The summed E-state index contributed by atoms with van der Waals surface area (Å²) in [6.07, 6.45) is 5.85. The van der Waals surface area contributed by atoms with Crippen LogP contribution in [0.15, 0.2) is 0 Å². The zero-order valence-corrected chi connectivity index (χ0v) is 12.8. The average Bonchev–Trinajstić information content (AvgIpc) is 2.37. The molecule has 4 aliphatic rings. The highest BCUT2D eigenvalue weighted by molar-refractivity contribution is 5.78.